The van der Waals surface area contributed by atoms with Crippen molar-refractivity contribution in [1.29, 1.82) is 0 Å². The first-order valence-electron chi connectivity index (χ1n) is 9.12. The zero-order valence-electron chi connectivity index (χ0n) is 15.4. The van der Waals surface area contributed by atoms with Gasteiger partial charge in [-0.25, -0.2) is 9.97 Å². The summed E-state index contributed by atoms with van der Waals surface area (Å²) in [4.78, 5) is 34.2. The summed E-state index contributed by atoms with van der Waals surface area (Å²) in [7, 11) is 0. The van der Waals surface area contributed by atoms with Crippen LogP contribution in [0.2, 0.25) is 0 Å². The third-order valence-corrected chi connectivity index (χ3v) is 5.07. The number of amides is 1. The number of anilines is 1. The zero-order valence-corrected chi connectivity index (χ0v) is 15.4. The molecule has 2 atom stereocenters. The lowest BCUT2D eigenvalue weighted by molar-refractivity contribution is 0.0887. The molecule has 0 fully saturated rings. The quantitative estimate of drug-likeness (QED) is 0.736. The minimum atomic E-state index is -0.480. The van der Waals surface area contributed by atoms with Crippen molar-refractivity contribution in [2.75, 3.05) is 5.73 Å². The van der Waals surface area contributed by atoms with Gasteiger partial charge in [0.15, 0.2) is 5.78 Å². The van der Waals surface area contributed by atoms with E-state index >= 15 is 0 Å². The van der Waals surface area contributed by atoms with Crippen LogP contribution in [-0.4, -0.2) is 21.7 Å². The molecule has 1 amide bonds. The summed E-state index contributed by atoms with van der Waals surface area (Å²) >= 11 is 0. The standard InChI is InChI=1S/C22H20N4O2/c1-13-18-17(27)12-16(14-8-4-2-5-9-14)19(20(18)26-22(23)24-13)25-21(28)15-10-6-3-7-11-15/h2-11,16,19H,12H2,1H3,(H,25,28)(H2,23,24,26). The molecule has 28 heavy (non-hydrogen) atoms. The molecule has 4 rings (SSSR count). The average molecular weight is 372 g/mol. The van der Waals surface area contributed by atoms with E-state index in [0.717, 1.165) is 5.56 Å². The number of nitrogens with two attached hydrogens (primary N) is 1. The van der Waals surface area contributed by atoms with Crippen LogP contribution in [0.3, 0.4) is 0 Å². The lowest BCUT2D eigenvalue weighted by atomic mass is 9.77. The second kappa shape index (κ2) is 7.23. The molecule has 0 radical (unpaired) electrons. The third kappa shape index (κ3) is 3.24. The first-order valence-corrected chi connectivity index (χ1v) is 9.12. The highest BCUT2D eigenvalue weighted by Gasteiger charge is 2.38. The maximum Gasteiger partial charge on any atom is 0.251 e. The van der Waals surface area contributed by atoms with E-state index in [1.165, 1.54) is 0 Å². The maximum atomic E-state index is 12.9. The van der Waals surface area contributed by atoms with Crippen LogP contribution in [0, 0.1) is 6.92 Å². The van der Waals surface area contributed by atoms with Crippen molar-refractivity contribution >= 4 is 17.6 Å². The zero-order chi connectivity index (χ0) is 19.7. The molecular formula is C22H20N4O2. The Morgan fingerprint density at radius 3 is 2.36 bits per heavy atom. The summed E-state index contributed by atoms with van der Waals surface area (Å²) in [6.45, 7) is 1.74. The van der Waals surface area contributed by atoms with Gasteiger partial charge >= 0.3 is 0 Å². The Hall–Kier alpha value is -3.54. The summed E-state index contributed by atoms with van der Waals surface area (Å²) in [6, 6.07) is 18.2. The van der Waals surface area contributed by atoms with Crippen LogP contribution in [0.1, 0.15) is 56.0 Å². The molecule has 3 N–H and O–H groups in total. The van der Waals surface area contributed by atoms with Crippen LogP contribution >= 0.6 is 0 Å². The van der Waals surface area contributed by atoms with E-state index in [1.807, 2.05) is 48.5 Å². The number of nitrogens with zero attached hydrogens (tertiary/aromatic N) is 2. The second-order valence-corrected chi connectivity index (χ2v) is 6.89. The Balaban J connectivity index is 1.81. The summed E-state index contributed by atoms with van der Waals surface area (Å²) in [6.07, 6.45) is 0.269. The minimum absolute atomic E-state index is 0.0356. The predicted octanol–water partition coefficient (Wildman–Crippen LogP) is 3.21. The van der Waals surface area contributed by atoms with Gasteiger partial charge in [0, 0.05) is 17.9 Å². The molecule has 0 saturated heterocycles. The van der Waals surface area contributed by atoms with E-state index in [4.69, 9.17) is 5.73 Å². The lowest BCUT2D eigenvalue weighted by Gasteiger charge is -2.33. The molecule has 6 nitrogen and oxygen atoms in total. The fourth-order valence-electron chi connectivity index (χ4n) is 3.79. The van der Waals surface area contributed by atoms with E-state index < -0.39 is 6.04 Å². The van der Waals surface area contributed by atoms with Crippen molar-refractivity contribution in [2.24, 2.45) is 0 Å². The van der Waals surface area contributed by atoms with Crippen LogP contribution in [0.5, 0.6) is 0 Å². The van der Waals surface area contributed by atoms with E-state index in [2.05, 4.69) is 15.3 Å². The summed E-state index contributed by atoms with van der Waals surface area (Å²) in [5.74, 6) is -0.396. The number of ketones is 1. The summed E-state index contributed by atoms with van der Waals surface area (Å²) < 4.78 is 0. The molecular weight excluding hydrogens is 352 g/mol. The normalized spacial score (nSPS) is 18.4. The number of carbonyl (C=O) groups is 2. The van der Waals surface area contributed by atoms with Gasteiger partial charge in [-0.3, -0.25) is 9.59 Å². The van der Waals surface area contributed by atoms with Crippen LogP contribution in [-0.2, 0) is 0 Å². The number of nitrogen functional groups attached to an aromatic ring is 1. The fraction of sp³-hybridized carbons (Fsp3) is 0.182. The van der Waals surface area contributed by atoms with Gasteiger partial charge in [0.2, 0.25) is 5.95 Å². The van der Waals surface area contributed by atoms with Crippen molar-refractivity contribution in [3.8, 4) is 0 Å². The number of hydrogen-bond donors (Lipinski definition) is 2. The third-order valence-electron chi connectivity index (χ3n) is 5.07. The fourth-order valence-corrected chi connectivity index (χ4v) is 3.79. The van der Waals surface area contributed by atoms with E-state index in [9.17, 15) is 9.59 Å². The molecule has 1 heterocycles. The number of aromatic nitrogens is 2. The maximum absolute atomic E-state index is 12.9. The van der Waals surface area contributed by atoms with Crippen LogP contribution in [0.4, 0.5) is 5.95 Å². The van der Waals surface area contributed by atoms with Gasteiger partial charge < -0.3 is 11.1 Å². The Labute approximate surface area is 162 Å². The highest BCUT2D eigenvalue weighted by molar-refractivity contribution is 6.01. The minimum Gasteiger partial charge on any atom is -0.368 e. The lowest BCUT2D eigenvalue weighted by Crippen LogP contribution is -2.38. The topological polar surface area (TPSA) is 98.0 Å². The second-order valence-electron chi connectivity index (χ2n) is 6.89. The summed E-state index contributed by atoms with van der Waals surface area (Å²) in [5.41, 5.74) is 8.87. The van der Waals surface area contributed by atoms with E-state index in [0.29, 0.717) is 22.5 Å². The monoisotopic (exact) mass is 372 g/mol. The number of benzene rings is 2. The number of carbonyl (C=O) groups excluding carboxylic acids is 2. The van der Waals surface area contributed by atoms with Gasteiger partial charge in [-0.2, -0.15) is 0 Å². The van der Waals surface area contributed by atoms with Crippen molar-refractivity contribution in [2.45, 2.75) is 25.3 Å². The molecule has 0 bridgehead atoms. The summed E-state index contributed by atoms with van der Waals surface area (Å²) in [5, 5.41) is 3.08. The Bertz CT molecular complexity index is 1040. The predicted molar refractivity (Wildman–Crippen MR) is 106 cm³/mol. The van der Waals surface area contributed by atoms with Crippen LogP contribution < -0.4 is 11.1 Å². The number of aryl methyl sites for hydroxylation is 1. The van der Waals surface area contributed by atoms with Crippen molar-refractivity contribution in [3.63, 3.8) is 0 Å². The highest BCUT2D eigenvalue weighted by atomic mass is 16.2. The molecule has 1 aliphatic carbocycles. The molecule has 1 aliphatic rings. The number of nitrogens with one attached hydrogen (secondary N) is 1. The van der Waals surface area contributed by atoms with Gasteiger partial charge in [0.25, 0.3) is 5.91 Å². The molecule has 0 saturated carbocycles. The van der Waals surface area contributed by atoms with Gasteiger partial charge in [-0.15, -0.1) is 0 Å². The van der Waals surface area contributed by atoms with Gasteiger partial charge in [0.1, 0.15) is 0 Å². The highest BCUT2D eigenvalue weighted by Crippen LogP contribution is 2.41. The molecule has 0 aliphatic heterocycles. The molecule has 3 aromatic rings. The number of Topliss-reactive ketones (excluding diaryl/α,β-unsaturated/α-hetero) is 1. The first kappa shape index (κ1) is 17.9. The largest absolute Gasteiger partial charge is 0.368 e. The van der Waals surface area contributed by atoms with E-state index in [1.54, 1.807) is 19.1 Å². The molecule has 140 valence electrons. The molecule has 1 aromatic heterocycles. The smallest absolute Gasteiger partial charge is 0.251 e. The van der Waals surface area contributed by atoms with Crippen molar-refractivity contribution in [3.05, 3.63) is 88.7 Å². The molecule has 2 unspecified atom stereocenters. The van der Waals surface area contributed by atoms with Crippen LogP contribution in [0.15, 0.2) is 60.7 Å². The van der Waals surface area contributed by atoms with Crippen molar-refractivity contribution in [1.82, 2.24) is 15.3 Å². The van der Waals surface area contributed by atoms with Crippen molar-refractivity contribution < 1.29 is 9.59 Å². The molecule has 6 heteroatoms. The van der Waals surface area contributed by atoms with Gasteiger partial charge in [-0.05, 0) is 24.6 Å². The Kier molecular flexibility index (Phi) is 4.61. The van der Waals surface area contributed by atoms with E-state index in [-0.39, 0.29) is 30.0 Å². The number of hydrogen-bond acceptors (Lipinski definition) is 5. The number of fused-ring (bicyclic) bond motifs is 1. The van der Waals surface area contributed by atoms with Crippen LogP contribution in [0.25, 0.3) is 0 Å². The number of rotatable bonds is 3. The molecule has 0 spiro atoms. The van der Waals surface area contributed by atoms with Gasteiger partial charge in [0.05, 0.1) is 23.0 Å². The first-order chi connectivity index (χ1) is 13.5. The average Bonchev–Trinajstić information content (AvgIpc) is 2.70. The molecule has 2 aromatic carbocycles. The van der Waals surface area contributed by atoms with Gasteiger partial charge in [-0.1, -0.05) is 48.5 Å². The Morgan fingerprint density at radius 2 is 1.68 bits per heavy atom. The SMILES string of the molecule is Cc1nc(N)nc2c1C(=O)CC(c1ccccc1)C2NC(=O)c1ccccc1. The Morgan fingerprint density at radius 1 is 1.04 bits per heavy atom.